The molecule has 3 N–H and O–H groups in total. The molecule has 0 atom stereocenters. The van der Waals surface area contributed by atoms with Crippen molar-refractivity contribution >= 4 is 23.1 Å². The molecule has 1 aromatic rings. The molecule has 1 aromatic carbocycles. The summed E-state index contributed by atoms with van der Waals surface area (Å²) in [5.74, 6) is 3.82. The molecule has 0 spiro atoms. The Kier molecular flexibility index (Phi) is 4.85. The lowest BCUT2D eigenvalue weighted by molar-refractivity contribution is 0.628. The number of terminal acetylenes is 1. The molecule has 0 aliphatic rings. The first-order valence-electron chi connectivity index (χ1n) is 4.54. The average molecular weight is 224 g/mol. The smallest absolute Gasteiger partial charge is 0.125 e. The molecule has 0 aliphatic heterocycles. The summed E-state index contributed by atoms with van der Waals surface area (Å²) in [6.45, 7) is 0.722. The van der Waals surface area contributed by atoms with E-state index in [9.17, 15) is 4.39 Å². The van der Waals surface area contributed by atoms with Crippen molar-refractivity contribution in [2.24, 2.45) is 0 Å². The molecule has 0 radical (unpaired) electrons. The third-order valence-electron chi connectivity index (χ3n) is 1.76. The topological polar surface area (TPSA) is 38.0 Å². The molecule has 4 heteroatoms. The van der Waals surface area contributed by atoms with Gasteiger partial charge in [-0.3, -0.25) is 0 Å². The highest BCUT2D eigenvalue weighted by Gasteiger charge is 1.99. The second-order valence-electron chi connectivity index (χ2n) is 2.92. The van der Waals surface area contributed by atoms with Crippen molar-refractivity contribution in [3.05, 3.63) is 24.0 Å². The third kappa shape index (κ3) is 4.13. The largest absolute Gasteiger partial charge is 0.397 e. The zero-order valence-electron chi connectivity index (χ0n) is 8.29. The lowest BCUT2D eigenvalue weighted by Crippen LogP contribution is -2.06. The van der Waals surface area contributed by atoms with Crippen LogP contribution in [0.15, 0.2) is 18.2 Å². The summed E-state index contributed by atoms with van der Waals surface area (Å²) in [7, 11) is 0. The zero-order chi connectivity index (χ0) is 11.1. The van der Waals surface area contributed by atoms with Crippen molar-refractivity contribution < 1.29 is 4.39 Å². The van der Waals surface area contributed by atoms with Gasteiger partial charge in [0, 0.05) is 12.3 Å². The standard InChI is InChI=1S/C11H13FN2S/c1-2-6-15-7-5-14-11-8-9(12)3-4-10(11)13/h1,3-4,8,14H,5-7,13H2. The number of nitrogens with one attached hydrogen (secondary N) is 1. The second-order valence-corrected chi connectivity index (χ2v) is 4.02. The highest BCUT2D eigenvalue weighted by atomic mass is 32.2. The van der Waals surface area contributed by atoms with E-state index in [-0.39, 0.29) is 5.82 Å². The van der Waals surface area contributed by atoms with Gasteiger partial charge < -0.3 is 11.1 Å². The van der Waals surface area contributed by atoms with Gasteiger partial charge in [0.05, 0.1) is 17.1 Å². The van der Waals surface area contributed by atoms with Crippen LogP contribution in [0.4, 0.5) is 15.8 Å². The molecule has 2 nitrogen and oxygen atoms in total. The van der Waals surface area contributed by atoms with E-state index >= 15 is 0 Å². The molecule has 0 aromatic heterocycles. The fourth-order valence-corrected chi connectivity index (χ4v) is 1.58. The van der Waals surface area contributed by atoms with Crippen molar-refractivity contribution in [3.8, 4) is 12.3 Å². The highest BCUT2D eigenvalue weighted by molar-refractivity contribution is 7.99. The van der Waals surface area contributed by atoms with E-state index in [0.29, 0.717) is 17.1 Å². The number of benzene rings is 1. The number of thioether (sulfide) groups is 1. The van der Waals surface area contributed by atoms with Crippen LogP contribution in [0.1, 0.15) is 0 Å². The average Bonchev–Trinajstić information content (AvgIpc) is 2.23. The van der Waals surface area contributed by atoms with Crippen LogP contribution >= 0.6 is 11.8 Å². The minimum absolute atomic E-state index is 0.289. The molecule has 0 saturated heterocycles. The van der Waals surface area contributed by atoms with E-state index in [0.717, 1.165) is 12.3 Å². The lowest BCUT2D eigenvalue weighted by atomic mass is 10.2. The molecule has 0 saturated carbocycles. The minimum Gasteiger partial charge on any atom is -0.397 e. The molecule has 1 rings (SSSR count). The van der Waals surface area contributed by atoms with Gasteiger partial charge >= 0.3 is 0 Å². The number of rotatable bonds is 5. The first-order chi connectivity index (χ1) is 7.24. The molecule has 0 bridgehead atoms. The predicted molar refractivity (Wildman–Crippen MR) is 65.5 cm³/mol. The van der Waals surface area contributed by atoms with Gasteiger partial charge in [0.25, 0.3) is 0 Å². The van der Waals surface area contributed by atoms with E-state index in [1.165, 1.54) is 12.1 Å². The van der Waals surface area contributed by atoms with Crippen LogP contribution in [0, 0.1) is 18.2 Å². The molecule has 0 fully saturated rings. The van der Waals surface area contributed by atoms with Gasteiger partial charge in [0.15, 0.2) is 0 Å². The summed E-state index contributed by atoms with van der Waals surface area (Å²) in [4.78, 5) is 0. The van der Waals surface area contributed by atoms with Crippen molar-refractivity contribution in [1.82, 2.24) is 0 Å². The number of nitrogen functional groups attached to an aromatic ring is 1. The SMILES string of the molecule is C#CCSCCNc1cc(F)ccc1N. The first-order valence-corrected chi connectivity index (χ1v) is 5.69. The maximum Gasteiger partial charge on any atom is 0.125 e. The van der Waals surface area contributed by atoms with Gasteiger partial charge in [-0.05, 0) is 18.2 Å². The summed E-state index contributed by atoms with van der Waals surface area (Å²) >= 11 is 1.65. The van der Waals surface area contributed by atoms with E-state index in [1.807, 2.05) is 0 Å². The van der Waals surface area contributed by atoms with Crippen molar-refractivity contribution in [2.45, 2.75) is 0 Å². The number of nitrogens with two attached hydrogens (primary N) is 1. The van der Waals surface area contributed by atoms with Gasteiger partial charge in [0.1, 0.15) is 5.82 Å². The Morgan fingerprint density at radius 1 is 1.53 bits per heavy atom. The van der Waals surface area contributed by atoms with Crippen LogP contribution < -0.4 is 11.1 Å². The quantitative estimate of drug-likeness (QED) is 0.457. The molecule has 80 valence electrons. The molecule has 0 aliphatic carbocycles. The molecule has 0 heterocycles. The van der Waals surface area contributed by atoms with E-state index < -0.39 is 0 Å². The van der Waals surface area contributed by atoms with Crippen molar-refractivity contribution in [3.63, 3.8) is 0 Å². The van der Waals surface area contributed by atoms with Gasteiger partial charge in [-0.1, -0.05) is 5.92 Å². The highest BCUT2D eigenvalue weighted by Crippen LogP contribution is 2.18. The number of hydrogen-bond donors (Lipinski definition) is 2. The summed E-state index contributed by atoms with van der Waals surface area (Å²) < 4.78 is 12.8. The summed E-state index contributed by atoms with van der Waals surface area (Å²) in [5, 5.41) is 3.06. The Balaban J connectivity index is 2.37. The lowest BCUT2D eigenvalue weighted by Gasteiger charge is -2.08. The normalized spacial score (nSPS) is 9.60. The molecule has 0 amide bonds. The van der Waals surface area contributed by atoms with Crippen molar-refractivity contribution in [2.75, 3.05) is 29.1 Å². The molecule has 15 heavy (non-hydrogen) atoms. The number of hydrogen-bond acceptors (Lipinski definition) is 3. The first kappa shape index (κ1) is 11.7. The minimum atomic E-state index is -0.289. The van der Waals surface area contributed by atoms with Gasteiger partial charge in [-0.2, -0.15) is 0 Å². The Bertz CT molecular complexity index is 360. The summed E-state index contributed by atoms with van der Waals surface area (Å²) in [6.07, 6.45) is 5.11. The Morgan fingerprint density at radius 3 is 3.07 bits per heavy atom. The zero-order valence-corrected chi connectivity index (χ0v) is 9.11. The van der Waals surface area contributed by atoms with Crippen LogP contribution in [-0.2, 0) is 0 Å². The Labute approximate surface area is 93.4 Å². The van der Waals surface area contributed by atoms with Crippen LogP contribution in [0.25, 0.3) is 0 Å². The maximum atomic E-state index is 12.8. The van der Waals surface area contributed by atoms with Crippen LogP contribution in [0.2, 0.25) is 0 Å². The van der Waals surface area contributed by atoms with E-state index in [2.05, 4.69) is 11.2 Å². The number of halogens is 1. The molecular weight excluding hydrogens is 211 g/mol. The van der Waals surface area contributed by atoms with Gasteiger partial charge in [-0.25, -0.2) is 4.39 Å². The summed E-state index contributed by atoms with van der Waals surface area (Å²) in [5.41, 5.74) is 6.85. The fraction of sp³-hybridized carbons (Fsp3) is 0.273. The summed E-state index contributed by atoms with van der Waals surface area (Å²) in [6, 6.07) is 4.28. The fourth-order valence-electron chi connectivity index (χ4n) is 1.07. The third-order valence-corrected chi connectivity index (χ3v) is 2.63. The van der Waals surface area contributed by atoms with Crippen LogP contribution in [-0.4, -0.2) is 18.1 Å². The van der Waals surface area contributed by atoms with Gasteiger partial charge in [0.2, 0.25) is 0 Å². The Hall–Kier alpha value is -1.34. The molecular formula is C11H13FN2S. The number of anilines is 2. The molecule has 0 unspecified atom stereocenters. The maximum absolute atomic E-state index is 12.8. The monoisotopic (exact) mass is 224 g/mol. The predicted octanol–water partition coefficient (Wildman–Crippen LogP) is 2.19. The van der Waals surface area contributed by atoms with Gasteiger partial charge in [-0.15, -0.1) is 18.2 Å². The van der Waals surface area contributed by atoms with E-state index in [4.69, 9.17) is 12.2 Å². The van der Waals surface area contributed by atoms with E-state index in [1.54, 1.807) is 17.8 Å². The Morgan fingerprint density at radius 2 is 2.33 bits per heavy atom. The van der Waals surface area contributed by atoms with Crippen LogP contribution in [0.3, 0.4) is 0 Å². The second kappa shape index (κ2) is 6.20. The van der Waals surface area contributed by atoms with Crippen molar-refractivity contribution in [1.29, 1.82) is 0 Å². The van der Waals surface area contributed by atoms with Crippen LogP contribution in [0.5, 0.6) is 0 Å².